The molecule has 0 amide bonds. The Balaban J connectivity index is 2.06. The number of aromatic amines is 1. The van der Waals surface area contributed by atoms with Gasteiger partial charge >= 0.3 is 0 Å². The van der Waals surface area contributed by atoms with Crippen LogP contribution in [0.3, 0.4) is 0 Å². The molecule has 1 aromatic rings. The van der Waals surface area contributed by atoms with Crippen molar-refractivity contribution in [1.82, 2.24) is 20.5 Å². The number of rotatable bonds is 3. The molecule has 1 aromatic heterocycles. The molecule has 0 spiro atoms. The van der Waals surface area contributed by atoms with Crippen molar-refractivity contribution in [3.05, 3.63) is 5.82 Å². The lowest BCUT2D eigenvalue weighted by Gasteiger charge is -2.30. The number of nitrogens with one attached hydrogen (secondary N) is 2. The largest absolute Gasteiger partial charge is 0.374 e. The maximum atomic E-state index is 5.19. The lowest BCUT2D eigenvalue weighted by Crippen LogP contribution is -2.49. The molecule has 2 N–H and O–H groups in total. The van der Waals surface area contributed by atoms with Crippen LogP contribution in [-0.2, 0) is 4.74 Å². The summed E-state index contributed by atoms with van der Waals surface area (Å²) in [5, 5.41) is 10.5. The molecule has 0 radical (unpaired) electrons. The summed E-state index contributed by atoms with van der Waals surface area (Å²) in [7, 11) is 1.67. The van der Waals surface area contributed by atoms with E-state index in [9.17, 15) is 0 Å². The summed E-state index contributed by atoms with van der Waals surface area (Å²) in [4.78, 5) is 6.63. The van der Waals surface area contributed by atoms with Crippen molar-refractivity contribution < 1.29 is 4.74 Å². The topological polar surface area (TPSA) is 66.1 Å². The average Bonchev–Trinajstić information content (AvgIpc) is 2.77. The van der Waals surface area contributed by atoms with Crippen LogP contribution in [0.2, 0.25) is 0 Å². The number of hydrogen-bond acceptors (Lipinski definition) is 5. The molecule has 6 heteroatoms. The molecule has 1 aliphatic rings. The Labute approximate surface area is 95.4 Å². The highest BCUT2D eigenvalue weighted by Gasteiger charge is 2.20. The van der Waals surface area contributed by atoms with Crippen LogP contribution in [0.15, 0.2) is 0 Å². The third kappa shape index (κ3) is 2.33. The van der Waals surface area contributed by atoms with Gasteiger partial charge in [-0.1, -0.05) is 0 Å². The van der Waals surface area contributed by atoms with Crippen LogP contribution in [0.25, 0.3) is 0 Å². The van der Waals surface area contributed by atoms with E-state index in [0.717, 1.165) is 31.4 Å². The molecule has 0 aromatic carbocycles. The molecule has 2 atom stereocenters. The molecule has 2 heterocycles. The van der Waals surface area contributed by atoms with Gasteiger partial charge in [0, 0.05) is 32.8 Å². The third-order valence-corrected chi connectivity index (χ3v) is 2.88. The maximum Gasteiger partial charge on any atom is 0.244 e. The standard InChI is InChI=1S/C10H19N5O/c1-7-6-15(5-4-11-7)10-12-9(13-14-10)8(2)16-3/h7-8,11H,4-6H2,1-3H3,(H,12,13,14)/t7-,8?/m0/s1. The predicted molar refractivity (Wildman–Crippen MR) is 61.5 cm³/mol. The van der Waals surface area contributed by atoms with Crippen LogP contribution >= 0.6 is 0 Å². The van der Waals surface area contributed by atoms with Crippen molar-refractivity contribution >= 4 is 5.95 Å². The second-order valence-electron chi connectivity index (χ2n) is 4.20. The van der Waals surface area contributed by atoms with Crippen molar-refractivity contribution in [3.63, 3.8) is 0 Å². The molecule has 90 valence electrons. The highest BCUT2D eigenvalue weighted by Crippen LogP contribution is 2.15. The summed E-state index contributed by atoms with van der Waals surface area (Å²) in [6.45, 7) is 6.98. The van der Waals surface area contributed by atoms with Gasteiger partial charge < -0.3 is 15.0 Å². The number of hydrogen-bond donors (Lipinski definition) is 2. The van der Waals surface area contributed by atoms with Gasteiger partial charge in [-0.05, 0) is 13.8 Å². The number of aromatic nitrogens is 3. The fraction of sp³-hybridized carbons (Fsp3) is 0.800. The molecule has 0 bridgehead atoms. The van der Waals surface area contributed by atoms with E-state index in [-0.39, 0.29) is 6.10 Å². The number of H-pyrrole nitrogens is 1. The molecule has 6 nitrogen and oxygen atoms in total. The Morgan fingerprint density at radius 1 is 1.56 bits per heavy atom. The summed E-state index contributed by atoms with van der Waals surface area (Å²) in [5.41, 5.74) is 0. The molecule has 1 saturated heterocycles. The van der Waals surface area contributed by atoms with E-state index in [1.54, 1.807) is 7.11 Å². The lowest BCUT2D eigenvalue weighted by molar-refractivity contribution is 0.112. The highest BCUT2D eigenvalue weighted by molar-refractivity contribution is 5.30. The number of nitrogens with zero attached hydrogens (tertiary/aromatic N) is 3. The summed E-state index contributed by atoms with van der Waals surface area (Å²) >= 11 is 0. The Morgan fingerprint density at radius 2 is 2.38 bits per heavy atom. The zero-order chi connectivity index (χ0) is 11.5. The molecule has 16 heavy (non-hydrogen) atoms. The molecule has 1 aliphatic heterocycles. The molecular weight excluding hydrogens is 206 g/mol. The Morgan fingerprint density at radius 3 is 3.06 bits per heavy atom. The molecule has 2 rings (SSSR count). The minimum Gasteiger partial charge on any atom is -0.374 e. The minimum absolute atomic E-state index is 0.0402. The Kier molecular flexibility index (Phi) is 3.40. The van der Waals surface area contributed by atoms with Gasteiger partial charge in [0.25, 0.3) is 0 Å². The van der Waals surface area contributed by atoms with Gasteiger partial charge in [-0.3, -0.25) is 5.10 Å². The maximum absolute atomic E-state index is 5.19. The van der Waals surface area contributed by atoms with Gasteiger partial charge in [-0.2, -0.15) is 4.98 Å². The first kappa shape index (κ1) is 11.3. The van der Waals surface area contributed by atoms with Crippen molar-refractivity contribution in [2.75, 3.05) is 31.6 Å². The summed E-state index contributed by atoms with van der Waals surface area (Å²) in [5.74, 6) is 1.55. The highest BCUT2D eigenvalue weighted by atomic mass is 16.5. The van der Waals surface area contributed by atoms with Crippen LogP contribution in [0.4, 0.5) is 5.95 Å². The first-order valence-corrected chi connectivity index (χ1v) is 5.64. The SMILES string of the molecule is COC(C)c1nc(N2CCN[C@@H](C)C2)n[nH]1. The first-order valence-electron chi connectivity index (χ1n) is 5.64. The second kappa shape index (κ2) is 4.80. The summed E-state index contributed by atoms with van der Waals surface area (Å²) in [6.07, 6.45) is -0.0402. The van der Waals surface area contributed by atoms with Gasteiger partial charge in [0.05, 0.1) is 0 Å². The van der Waals surface area contributed by atoms with Crippen molar-refractivity contribution in [2.24, 2.45) is 0 Å². The van der Waals surface area contributed by atoms with E-state index >= 15 is 0 Å². The van der Waals surface area contributed by atoms with Gasteiger partial charge in [-0.25, -0.2) is 0 Å². The summed E-state index contributed by atoms with van der Waals surface area (Å²) in [6, 6.07) is 0.482. The number of anilines is 1. The van der Waals surface area contributed by atoms with E-state index in [2.05, 4.69) is 32.3 Å². The first-order chi connectivity index (χ1) is 7.70. The Hall–Kier alpha value is -1.14. The number of methoxy groups -OCH3 is 1. The fourth-order valence-electron chi connectivity index (χ4n) is 1.81. The molecular formula is C10H19N5O. The van der Waals surface area contributed by atoms with Gasteiger partial charge in [0.15, 0.2) is 5.82 Å². The zero-order valence-corrected chi connectivity index (χ0v) is 10.0. The van der Waals surface area contributed by atoms with E-state index in [1.807, 2.05) is 6.92 Å². The van der Waals surface area contributed by atoms with Crippen LogP contribution < -0.4 is 10.2 Å². The van der Waals surface area contributed by atoms with E-state index in [1.165, 1.54) is 0 Å². The Bertz CT molecular complexity index is 340. The van der Waals surface area contributed by atoms with Crippen molar-refractivity contribution in [1.29, 1.82) is 0 Å². The second-order valence-corrected chi connectivity index (χ2v) is 4.20. The van der Waals surface area contributed by atoms with Crippen LogP contribution in [-0.4, -0.2) is 48.0 Å². The monoisotopic (exact) mass is 225 g/mol. The lowest BCUT2D eigenvalue weighted by atomic mass is 10.2. The third-order valence-electron chi connectivity index (χ3n) is 2.88. The minimum atomic E-state index is -0.0402. The fourth-order valence-corrected chi connectivity index (χ4v) is 1.81. The van der Waals surface area contributed by atoms with E-state index in [4.69, 9.17) is 4.74 Å². The van der Waals surface area contributed by atoms with E-state index in [0.29, 0.717) is 6.04 Å². The quantitative estimate of drug-likeness (QED) is 0.775. The molecule has 1 fully saturated rings. The average molecular weight is 225 g/mol. The number of ether oxygens (including phenoxy) is 1. The predicted octanol–water partition coefficient (Wildman–Crippen LogP) is 0.310. The molecule has 0 aliphatic carbocycles. The van der Waals surface area contributed by atoms with Gasteiger partial charge in [-0.15, -0.1) is 5.10 Å². The van der Waals surface area contributed by atoms with E-state index < -0.39 is 0 Å². The normalized spacial score (nSPS) is 23.4. The van der Waals surface area contributed by atoms with Crippen molar-refractivity contribution in [3.8, 4) is 0 Å². The summed E-state index contributed by atoms with van der Waals surface area (Å²) < 4.78 is 5.19. The van der Waals surface area contributed by atoms with Crippen LogP contribution in [0.1, 0.15) is 25.8 Å². The van der Waals surface area contributed by atoms with Gasteiger partial charge in [0.2, 0.25) is 5.95 Å². The van der Waals surface area contributed by atoms with Gasteiger partial charge in [0.1, 0.15) is 6.10 Å². The van der Waals surface area contributed by atoms with Crippen molar-refractivity contribution in [2.45, 2.75) is 26.0 Å². The zero-order valence-electron chi connectivity index (χ0n) is 10.0. The number of piperazine rings is 1. The smallest absolute Gasteiger partial charge is 0.244 e. The molecule has 1 unspecified atom stereocenters. The van der Waals surface area contributed by atoms with Crippen LogP contribution in [0.5, 0.6) is 0 Å². The van der Waals surface area contributed by atoms with Crippen LogP contribution in [0, 0.1) is 0 Å². The molecule has 0 saturated carbocycles.